The fraction of sp³-hybridized carbons (Fsp3) is 0.571. The highest BCUT2D eigenvalue weighted by molar-refractivity contribution is 5.86. The van der Waals surface area contributed by atoms with Gasteiger partial charge in [-0.25, -0.2) is 4.79 Å². The summed E-state index contributed by atoms with van der Waals surface area (Å²) in [4.78, 5) is 23.2. The third kappa shape index (κ3) is 2.71. The Kier molecular flexibility index (Phi) is 3.75. The lowest BCUT2D eigenvalue weighted by atomic mass is 9.83. The molecule has 1 aromatic heterocycles. The summed E-state index contributed by atoms with van der Waals surface area (Å²) in [5.41, 5.74) is -0.839. The van der Waals surface area contributed by atoms with Crippen LogP contribution in [0.15, 0.2) is 23.1 Å². The van der Waals surface area contributed by atoms with Gasteiger partial charge in [0.25, 0.3) is 5.56 Å². The van der Waals surface area contributed by atoms with E-state index in [0.717, 1.165) is 25.7 Å². The van der Waals surface area contributed by atoms with Crippen LogP contribution in [0.4, 0.5) is 0 Å². The molecule has 1 saturated carbocycles. The second-order valence-corrected chi connectivity index (χ2v) is 5.34. The maximum atomic E-state index is 12.2. The predicted octanol–water partition coefficient (Wildman–Crippen LogP) is 2.07. The number of aromatic nitrogens is 1. The van der Waals surface area contributed by atoms with Gasteiger partial charge in [0.1, 0.15) is 5.56 Å². The van der Waals surface area contributed by atoms with Crippen molar-refractivity contribution in [3.63, 3.8) is 0 Å². The molecule has 1 heterocycles. The van der Waals surface area contributed by atoms with E-state index in [1.165, 1.54) is 6.07 Å². The van der Waals surface area contributed by atoms with Gasteiger partial charge in [-0.3, -0.25) is 4.79 Å². The zero-order valence-corrected chi connectivity index (χ0v) is 11.3. The number of carboxylic acids is 1. The Morgan fingerprint density at radius 2 is 2.32 bits per heavy atom. The first kappa shape index (κ1) is 13.8. The van der Waals surface area contributed by atoms with Crippen molar-refractivity contribution in [2.75, 3.05) is 7.11 Å². The molecule has 5 heteroatoms. The van der Waals surface area contributed by atoms with Crippen LogP contribution in [0.2, 0.25) is 0 Å². The highest BCUT2D eigenvalue weighted by Gasteiger charge is 2.33. The molecule has 1 aromatic rings. The molecule has 104 valence electrons. The minimum Gasteiger partial charge on any atom is -0.477 e. The van der Waals surface area contributed by atoms with Gasteiger partial charge in [0.05, 0.1) is 5.60 Å². The van der Waals surface area contributed by atoms with Crippen LogP contribution in [0.3, 0.4) is 0 Å². The summed E-state index contributed by atoms with van der Waals surface area (Å²) < 4.78 is 7.06. The summed E-state index contributed by atoms with van der Waals surface area (Å²) in [5.74, 6) is -1.18. The van der Waals surface area contributed by atoms with Crippen LogP contribution in [0.1, 0.15) is 49.0 Å². The third-order valence-electron chi connectivity index (χ3n) is 4.00. The predicted molar refractivity (Wildman–Crippen MR) is 70.6 cm³/mol. The Labute approximate surface area is 111 Å². The van der Waals surface area contributed by atoms with Crippen LogP contribution >= 0.6 is 0 Å². The maximum Gasteiger partial charge on any atom is 0.341 e. The molecular weight excluding hydrogens is 246 g/mol. The highest BCUT2D eigenvalue weighted by atomic mass is 16.5. The molecule has 0 aliphatic heterocycles. The monoisotopic (exact) mass is 265 g/mol. The van der Waals surface area contributed by atoms with Crippen LogP contribution in [-0.4, -0.2) is 28.4 Å². The number of pyridine rings is 1. The Morgan fingerprint density at radius 1 is 1.58 bits per heavy atom. The van der Waals surface area contributed by atoms with Crippen molar-refractivity contribution >= 4 is 5.97 Å². The normalized spacial score (nSPS) is 27.2. The number of nitrogens with zero attached hydrogens (tertiary/aromatic N) is 1. The quantitative estimate of drug-likeness (QED) is 0.908. The molecule has 5 nitrogen and oxygen atoms in total. The molecule has 1 N–H and O–H groups in total. The van der Waals surface area contributed by atoms with Crippen molar-refractivity contribution in [2.45, 2.75) is 44.2 Å². The standard InChI is InChI=1S/C14H19NO4/c1-14(19-2)7-3-5-10(9-14)15-8-4-6-11(12(15)16)13(17)18/h4,6,8,10H,3,5,7,9H2,1-2H3,(H,17,18)/t10?,14-/m1/s1. The molecule has 2 atom stereocenters. The number of carbonyl (C=O) groups is 1. The number of carboxylic acid groups (broad SMARTS) is 1. The average molecular weight is 265 g/mol. The highest BCUT2D eigenvalue weighted by Crippen LogP contribution is 2.36. The fourth-order valence-electron chi connectivity index (χ4n) is 2.80. The van der Waals surface area contributed by atoms with Gasteiger partial charge in [0.2, 0.25) is 0 Å². The summed E-state index contributed by atoms with van der Waals surface area (Å²) in [6.07, 6.45) is 5.21. The fourth-order valence-corrected chi connectivity index (χ4v) is 2.80. The van der Waals surface area contributed by atoms with Gasteiger partial charge < -0.3 is 14.4 Å². The third-order valence-corrected chi connectivity index (χ3v) is 4.00. The molecule has 1 aliphatic rings. The number of hydrogen-bond acceptors (Lipinski definition) is 3. The zero-order chi connectivity index (χ0) is 14.0. The minimum atomic E-state index is -1.18. The lowest BCUT2D eigenvalue weighted by Gasteiger charge is -2.37. The van der Waals surface area contributed by atoms with Crippen molar-refractivity contribution in [1.29, 1.82) is 0 Å². The van der Waals surface area contributed by atoms with Crippen molar-refractivity contribution in [3.05, 3.63) is 34.2 Å². The second-order valence-electron chi connectivity index (χ2n) is 5.34. The maximum absolute atomic E-state index is 12.2. The van der Waals surface area contributed by atoms with E-state index >= 15 is 0 Å². The van der Waals surface area contributed by atoms with Crippen LogP contribution in [-0.2, 0) is 4.74 Å². The van der Waals surface area contributed by atoms with Crippen LogP contribution in [0.5, 0.6) is 0 Å². The van der Waals surface area contributed by atoms with E-state index in [-0.39, 0.29) is 17.2 Å². The van der Waals surface area contributed by atoms with E-state index in [2.05, 4.69) is 0 Å². The molecule has 2 rings (SSSR count). The number of ether oxygens (including phenoxy) is 1. The molecule has 0 bridgehead atoms. The molecule has 0 saturated heterocycles. The number of methoxy groups -OCH3 is 1. The molecule has 1 fully saturated rings. The topological polar surface area (TPSA) is 68.5 Å². The SMILES string of the molecule is CO[C@]1(C)CCCC(n2cccc(C(=O)O)c2=O)C1. The number of rotatable bonds is 3. The van der Waals surface area contributed by atoms with Gasteiger partial charge in [-0.15, -0.1) is 0 Å². The van der Waals surface area contributed by atoms with Crippen molar-refractivity contribution in [2.24, 2.45) is 0 Å². The zero-order valence-electron chi connectivity index (χ0n) is 11.3. The van der Waals surface area contributed by atoms with Gasteiger partial charge in [-0.1, -0.05) is 0 Å². The van der Waals surface area contributed by atoms with E-state index in [4.69, 9.17) is 9.84 Å². The summed E-state index contributed by atoms with van der Waals surface area (Å²) in [7, 11) is 1.68. The summed E-state index contributed by atoms with van der Waals surface area (Å²) in [6, 6.07) is 2.97. The Balaban J connectivity index is 2.35. The molecule has 0 aromatic carbocycles. The Hall–Kier alpha value is -1.62. The van der Waals surface area contributed by atoms with E-state index in [1.54, 1.807) is 23.9 Å². The molecule has 1 unspecified atom stereocenters. The van der Waals surface area contributed by atoms with E-state index in [0.29, 0.717) is 0 Å². The first-order chi connectivity index (χ1) is 8.97. The van der Waals surface area contributed by atoms with Gasteiger partial charge in [0.15, 0.2) is 0 Å². The second kappa shape index (κ2) is 5.17. The summed E-state index contributed by atoms with van der Waals surface area (Å²) in [6.45, 7) is 2.03. The first-order valence-corrected chi connectivity index (χ1v) is 6.46. The molecule has 0 amide bonds. The number of aromatic carboxylic acids is 1. The molecule has 0 radical (unpaired) electrons. The van der Waals surface area contributed by atoms with Gasteiger partial charge in [-0.05, 0) is 44.7 Å². The van der Waals surface area contributed by atoms with E-state index < -0.39 is 11.5 Å². The minimum absolute atomic E-state index is 0.00509. The largest absolute Gasteiger partial charge is 0.477 e. The van der Waals surface area contributed by atoms with Crippen LogP contribution < -0.4 is 5.56 Å². The van der Waals surface area contributed by atoms with Crippen molar-refractivity contribution < 1.29 is 14.6 Å². The van der Waals surface area contributed by atoms with Gasteiger partial charge >= 0.3 is 5.97 Å². The van der Waals surface area contributed by atoms with E-state index in [9.17, 15) is 9.59 Å². The lowest BCUT2D eigenvalue weighted by molar-refractivity contribution is -0.0376. The van der Waals surface area contributed by atoms with Crippen LogP contribution in [0, 0.1) is 0 Å². The van der Waals surface area contributed by atoms with Gasteiger partial charge in [0, 0.05) is 19.3 Å². The Morgan fingerprint density at radius 3 is 2.95 bits per heavy atom. The summed E-state index contributed by atoms with van der Waals surface area (Å²) >= 11 is 0. The molecule has 19 heavy (non-hydrogen) atoms. The van der Waals surface area contributed by atoms with Crippen molar-refractivity contribution in [3.8, 4) is 0 Å². The Bertz CT molecular complexity index is 536. The lowest BCUT2D eigenvalue weighted by Crippen LogP contribution is -2.38. The molecular formula is C14H19NO4. The molecule has 0 spiro atoms. The number of hydrogen-bond donors (Lipinski definition) is 1. The average Bonchev–Trinajstić information content (AvgIpc) is 2.38. The first-order valence-electron chi connectivity index (χ1n) is 6.46. The smallest absolute Gasteiger partial charge is 0.341 e. The van der Waals surface area contributed by atoms with Crippen molar-refractivity contribution in [1.82, 2.24) is 4.57 Å². The van der Waals surface area contributed by atoms with E-state index in [1.807, 2.05) is 6.92 Å². The van der Waals surface area contributed by atoms with Crippen LogP contribution in [0.25, 0.3) is 0 Å². The van der Waals surface area contributed by atoms with Gasteiger partial charge in [-0.2, -0.15) is 0 Å². The molecule has 1 aliphatic carbocycles. The summed E-state index contributed by atoms with van der Waals surface area (Å²) in [5, 5.41) is 9.00.